The molecule has 10 heteroatoms. The van der Waals surface area contributed by atoms with Crippen LogP contribution in [-0.4, -0.2) is 13.0 Å². The molecule has 0 heterocycles. The fourth-order valence-electron chi connectivity index (χ4n) is 1.34. The normalized spacial score (nSPS) is 11.0. The molecule has 0 aliphatic rings. The highest BCUT2D eigenvalue weighted by atomic mass is 127. The van der Waals surface area contributed by atoms with Gasteiger partial charge in [0.2, 0.25) is 5.82 Å². The Hall–Kier alpha value is -1.27. The molecule has 0 amide bonds. The minimum Gasteiger partial charge on any atom is -0.282 e. The monoisotopic (exact) mass is 466 g/mol. The van der Waals surface area contributed by atoms with E-state index in [0.29, 0.717) is 0 Å². The second kappa shape index (κ2) is 7.53. The first-order chi connectivity index (χ1) is 10.5. The second-order valence-electron chi connectivity index (χ2n) is 4.17. The highest BCUT2D eigenvalue weighted by molar-refractivity contribution is 14.1. The van der Waals surface area contributed by atoms with Crippen molar-refractivity contribution in [2.24, 2.45) is 0 Å². The summed E-state index contributed by atoms with van der Waals surface area (Å²) in [6, 6.07) is 8.44. The number of hydrogen-bond donors (Lipinski definition) is 1. The molecule has 2 aromatic carbocycles. The van der Waals surface area contributed by atoms with E-state index < -0.39 is 44.1 Å². The van der Waals surface area contributed by atoms with Gasteiger partial charge in [-0.15, -0.1) is 0 Å². The van der Waals surface area contributed by atoms with Crippen molar-refractivity contribution >= 4 is 32.7 Å². The predicted octanol–water partition coefficient (Wildman–Crippen LogP) is 4.23. The largest absolute Gasteiger partial charge is 0.300 e. The molecule has 0 fully saturated rings. The van der Waals surface area contributed by atoms with Gasteiger partial charge in [0.1, 0.15) is 0 Å². The van der Waals surface area contributed by atoms with E-state index in [4.69, 9.17) is 4.55 Å². The zero-order valence-electron chi connectivity index (χ0n) is 11.2. The third-order valence-corrected chi connectivity index (χ3v) is 4.03. The van der Waals surface area contributed by atoms with Crippen molar-refractivity contribution in [3.05, 3.63) is 62.5 Å². The first kappa shape index (κ1) is 19.8. The van der Waals surface area contributed by atoms with Gasteiger partial charge < -0.3 is 0 Å². The van der Waals surface area contributed by atoms with Gasteiger partial charge in [-0.1, -0.05) is 17.7 Å². The summed E-state index contributed by atoms with van der Waals surface area (Å²) >= 11 is 2.30. The van der Waals surface area contributed by atoms with Gasteiger partial charge in [-0.3, -0.25) is 4.55 Å². The Labute approximate surface area is 142 Å². The SMILES string of the molecule is Cc1ccc(I)cc1.O=S(=O)(O)c1c(F)c(F)c(F)c(F)c1F. The molecule has 23 heavy (non-hydrogen) atoms. The second-order valence-corrected chi connectivity index (χ2v) is 6.77. The maximum Gasteiger partial charge on any atom is 0.300 e. The van der Waals surface area contributed by atoms with Gasteiger partial charge >= 0.3 is 10.1 Å². The van der Waals surface area contributed by atoms with Gasteiger partial charge in [-0.2, -0.15) is 8.42 Å². The molecule has 0 atom stereocenters. The quantitative estimate of drug-likeness (QED) is 0.225. The minimum atomic E-state index is -5.52. The summed E-state index contributed by atoms with van der Waals surface area (Å²) in [6.07, 6.45) is 0. The first-order valence-electron chi connectivity index (χ1n) is 5.68. The third-order valence-electron chi connectivity index (χ3n) is 2.44. The van der Waals surface area contributed by atoms with Crippen LogP contribution in [0.5, 0.6) is 0 Å². The van der Waals surface area contributed by atoms with Crippen molar-refractivity contribution in [1.82, 2.24) is 0 Å². The summed E-state index contributed by atoms with van der Waals surface area (Å²) in [5, 5.41) is 0. The predicted molar refractivity (Wildman–Crippen MR) is 79.9 cm³/mol. The number of rotatable bonds is 1. The lowest BCUT2D eigenvalue weighted by atomic mass is 10.2. The molecule has 0 bridgehead atoms. The number of halogens is 6. The van der Waals surface area contributed by atoms with E-state index in [1.165, 1.54) is 9.13 Å². The Balaban J connectivity index is 0.000000277. The smallest absolute Gasteiger partial charge is 0.282 e. The van der Waals surface area contributed by atoms with Crippen LogP contribution >= 0.6 is 22.6 Å². The van der Waals surface area contributed by atoms with Gasteiger partial charge in [0.15, 0.2) is 28.2 Å². The van der Waals surface area contributed by atoms with Gasteiger partial charge in [0.25, 0.3) is 0 Å². The standard InChI is InChI=1S/C7H7I.C6HF5O3S/c1-6-2-4-7(8)5-3-6;7-1-2(8)4(10)6(15(12,13)14)5(11)3(1)9/h2-5H,1H3;(H,12,13,14). The molecule has 3 nitrogen and oxygen atoms in total. The first-order valence-corrected chi connectivity index (χ1v) is 8.19. The molecule has 1 N–H and O–H groups in total. The van der Waals surface area contributed by atoms with Crippen molar-refractivity contribution in [1.29, 1.82) is 0 Å². The van der Waals surface area contributed by atoms with E-state index in [0.717, 1.165) is 0 Å². The van der Waals surface area contributed by atoms with Crippen LogP contribution in [-0.2, 0) is 10.1 Å². The highest BCUT2D eigenvalue weighted by Gasteiger charge is 2.32. The van der Waals surface area contributed by atoms with E-state index in [9.17, 15) is 30.4 Å². The maximum absolute atomic E-state index is 12.6. The van der Waals surface area contributed by atoms with Crippen molar-refractivity contribution in [3.8, 4) is 0 Å². The highest BCUT2D eigenvalue weighted by Crippen LogP contribution is 2.26. The average Bonchev–Trinajstić information content (AvgIpc) is 2.45. The van der Waals surface area contributed by atoms with Crippen molar-refractivity contribution < 1.29 is 34.9 Å². The third kappa shape index (κ3) is 4.85. The average molecular weight is 466 g/mol. The van der Waals surface area contributed by atoms with Gasteiger partial charge in [0, 0.05) is 3.57 Å². The molecule has 0 unspecified atom stereocenters. The lowest BCUT2D eigenvalue weighted by molar-refractivity contribution is 0.352. The van der Waals surface area contributed by atoms with Crippen molar-refractivity contribution in [2.45, 2.75) is 11.8 Å². The fourth-order valence-corrected chi connectivity index (χ4v) is 2.34. The molecule has 0 aliphatic carbocycles. The number of benzene rings is 2. The van der Waals surface area contributed by atoms with Crippen LogP contribution in [0.3, 0.4) is 0 Å². The van der Waals surface area contributed by atoms with Crippen LogP contribution in [0.4, 0.5) is 22.0 Å². The Bertz CT molecular complexity index is 772. The molecule has 2 rings (SSSR count). The Morgan fingerprint density at radius 2 is 1.17 bits per heavy atom. The Morgan fingerprint density at radius 1 is 0.826 bits per heavy atom. The van der Waals surface area contributed by atoms with E-state index in [-0.39, 0.29) is 0 Å². The van der Waals surface area contributed by atoms with Gasteiger partial charge in [-0.25, -0.2) is 22.0 Å². The molecule has 0 saturated carbocycles. The molecular formula is C13H8F5IO3S. The van der Waals surface area contributed by atoms with E-state index in [1.807, 2.05) is 0 Å². The summed E-state index contributed by atoms with van der Waals surface area (Å²) in [4.78, 5) is -2.26. The molecule has 126 valence electrons. The lowest BCUT2D eigenvalue weighted by Crippen LogP contribution is -2.11. The molecule has 0 radical (unpaired) electrons. The minimum absolute atomic E-state index is 1.30. The summed E-state index contributed by atoms with van der Waals surface area (Å²) < 4.78 is 92.6. The Kier molecular flexibility index (Phi) is 6.48. The topological polar surface area (TPSA) is 54.4 Å². The van der Waals surface area contributed by atoms with Crippen molar-refractivity contribution in [3.63, 3.8) is 0 Å². The number of aryl methyl sites for hydroxylation is 1. The van der Waals surface area contributed by atoms with Gasteiger partial charge in [-0.05, 0) is 41.6 Å². The number of hydrogen-bond acceptors (Lipinski definition) is 2. The molecule has 0 aromatic heterocycles. The summed E-state index contributed by atoms with van der Waals surface area (Å²) in [5.41, 5.74) is 1.32. The molecule has 0 saturated heterocycles. The zero-order valence-corrected chi connectivity index (χ0v) is 14.2. The van der Waals surface area contributed by atoms with Crippen LogP contribution in [0.15, 0.2) is 29.2 Å². The molecule has 2 aromatic rings. The zero-order chi connectivity index (χ0) is 17.9. The summed E-state index contributed by atoms with van der Waals surface area (Å²) in [7, 11) is -5.52. The van der Waals surface area contributed by atoms with E-state index in [2.05, 4.69) is 53.8 Å². The molecule has 0 spiro atoms. The molecule has 0 aliphatic heterocycles. The van der Waals surface area contributed by atoms with Crippen LogP contribution in [0.25, 0.3) is 0 Å². The molecular weight excluding hydrogens is 458 g/mol. The van der Waals surface area contributed by atoms with E-state index >= 15 is 0 Å². The van der Waals surface area contributed by atoms with Crippen LogP contribution in [0.2, 0.25) is 0 Å². The van der Waals surface area contributed by atoms with Gasteiger partial charge in [0.05, 0.1) is 0 Å². The fraction of sp³-hybridized carbons (Fsp3) is 0.0769. The van der Waals surface area contributed by atoms with Crippen LogP contribution in [0, 0.1) is 39.6 Å². The van der Waals surface area contributed by atoms with Crippen LogP contribution in [0.1, 0.15) is 5.56 Å². The summed E-state index contributed by atoms with van der Waals surface area (Å²) in [5.74, 6) is -12.6. The van der Waals surface area contributed by atoms with Crippen LogP contribution < -0.4 is 0 Å². The van der Waals surface area contributed by atoms with Crippen molar-refractivity contribution in [2.75, 3.05) is 0 Å². The Morgan fingerprint density at radius 3 is 1.48 bits per heavy atom. The lowest BCUT2D eigenvalue weighted by Gasteiger charge is -2.04. The maximum atomic E-state index is 12.6. The summed E-state index contributed by atoms with van der Waals surface area (Å²) in [6.45, 7) is 2.09. The van der Waals surface area contributed by atoms with E-state index in [1.54, 1.807) is 0 Å².